The second-order valence-electron chi connectivity index (χ2n) is 8.93. The van der Waals surface area contributed by atoms with E-state index in [1.807, 2.05) is 18.2 Å². The fourth-order valence-electron chi connectivity index (χ4n) is 4.80. The molecule has 2 aliphatic rings. The number of hydrogen-bond donors (Lipinski definition) is 2. The second kappa shape index (κ2) is 10.2. The highest BCUT2D eigenvalue weighted by Crippen LogP contribution is 2.27. The summed E-state index contributed by atoms with van der Waals surface area (Å²) in [6.07, 6.45) is 12.5. The molecule has 2 fully saturated rings. The number of anilines is 1. The van der Waals surface area contributed by atoms with Crippen molar-refractivity contribution in [3.8, 4) is 16.9 Å². The topological polar surface area (TPSA) is 97.4 Å². The van der Waals surface area contributed by atoms with Gasteiger partial charge in [0.25, 0.3) is 0 Å². The summed E-state index contributed by atoms with van der Waals surface area (Å²) in [7, 11) is 0. The summed E-state index contributed by atoms with van der Waals surface area (Å²) in [4.78, 5) is 14.7. The third kappa shape index (κ3) is 5.53. The largest absolute Gasteiger partial charge is 0.506 e. The van der Waals surface area contributed by atoms with E-state index in [0.717, 1.165) is 41.2 Å². The van der Waals surface area contributed by atoms with E-state index >= 15 is 0 Å². The molecule has 1 aliphatic carbocycles. The summed E-state index contributed by atoms with van der Waals surface area (Å²) in [6.45, 7) is 6.70. The minimum Gasteiger partial charge on any atom is -0.506 e. The number of aromatic nitrogens is 3. The Hall–Kier alpha value is -2.77. The number of morpholine rings is 1. The van der Waals surface area contributed by atoms with Crippen LogP contribution in [0.25, 0.3) is 22.0 Å². The van der Waals surface area contributed by atoms with Crippen molar-refractivity contribution in [1.29, 1.82) is 0 Å². The van der Waals surface area contributed by atoms with Gasteiger partial charge in [0.15, 0.2) is 0 Å². The van der Waals surface area contributed by atoms with Crippen LogP contribution in [0, 0.1) is 0 Å². The average Bonchev–Trinajstić information content (AvgIpc) is 2.80. The van der Waals surface area contributed by atoms with Crippen LogP contribution in [0.3, 0.4) is 0 Å². The Morgan fingerprint density at radius 2 is 1.72 bits per heavy atom. The first-order chi connectivity index (χ1) is 15.5. The van der Waals surface area contributed by atoms with E-state index in [1.54, 1.807) is 12.3 Å². The summed E-state index contributed by atoms with van der Waals surface area (Å²) in [5.41, 5.74) is 8.34. The van der Waals surface area contributed by atoms with E-state index in [2.05, 4.69) is 33.7 Å². The number of nitrogens with zero attached hydrogens (tertiary/aromatic N) is 4. The summed E-state index contributed by atoms with van der Waals surface area (Å²) in [6, 6.07) is 8.17. The molecule has 1 aliphatic heterocycles. The first kappa shape index (κ1) is 22.4. The molecule has 7 nitrogen and oxygen atoms in total. The first-order valence-electron chi connectivity index (χ1n) is 11.5. The van der Waals surface area contributed by atoms with E-state index in [4.69, 9.17) is 10.5 Å². The lowest BCUT2D eigenvalue weighted by atomic mass is 9.93. The van der Waals surface area contributed by atoms with Gasteiger partial charge in [0.2, 0.25) is 0 Å². The Balaban J connectivity index is 0.000000158. The molecule has 1 saturated heterocycles. The van der Waals surface area contributed by atoms with Crippen LogP contribution in [-0.2, 0) is 4.74 Å². The molecule has 170 valence electrons. The molecule has 3 heterocycles. The van der Waals surface area contributed by atoms with Crippen molar-refractivity contribution < 1.29 is 9.84 Å². The van der Waals surface area contributed by atoms with Crippen LogP contribution in [-0.4, -0.2) is 56.3 Å². The maximum Gasteiger partial charge on any atom is 0.134 e. The Morgan fingerprint density at radius 1 is 0.969 bits per heavy atom. The number of pyridine rings is 1. The zero-order valence-electron chi connectivity index (χ0n) is 18.9. The predicted octanol–water partition coefficient (Wildman–Crippen LogP) is 4.41. The molecule has 0 spiro atoms. The lowest BCUT2D eigenvalue weighted by Crippen LogP contribution is -2.50. The van der Waals surface area contributed by atoms with E-state index in [-0.39, 0.29) is 5.75 Å². The summed E-state index contributed by atoms with van der Waals surface area (Å²) in [5, 5.41) is 10.2. The monoisotopic (exact) mass is 435 g/mol. The minimum absolute atomic E-state index is 0.130. The average molecular weight is 436 g/mol. The fraction of sp³-hybridized carbons (Fsp3) is 0.480. The van der Waals surface area contributed by atoms with Gasteiger partial charge < -0.3 is 15.6 Å². The zero-order chi connectivity index (χ0) is 22.5. The van der Waals surface area contributed by atoms with Gasteiger partial charge in [0, 0.05) is 36.3 Å². The number of nitrogen functional groups attached to an aromatic ring is 1. The first-order valence-corrected chi connectivity index (χ1v) is 11.5. The number of nitrogens with two attached hydrogens (primary N) is 1. The molecule has 7 heteroatoms. The Labute approximate surface area is 189 Å². The van der Waals surface area contributed by atoms with E-state index < -0.39 is 0 Å². The highest BCUT2D eigenvalue weighted by molar-refractivity contribution is 5.91. The molecule has 0 radical (unpaired) electrons. The van der Waals surface area contributed by atoms with Crippen molar-refractivity contribution in [1.82, 2.24) is 19.9 Å². The van der Waals surface area contributed by atoms with E-state index in [1.165, 1.54) is 44.6 Å². The molecule has 0 bridgehead atoms. The van der Waals surface area contributed by atoms with Gasteiger partial charge in [-0.2, -0.15) is 0 Å². The van der Waals surface area contributed by atoms with Crippen molar-refractivity contribution in [3.63, 3.8) is 0 Å². The van der Waals surface area contributed by atoms with Crippen molar-refractivity contribution in [2.45, 2.75) is 64.2 Å². The molecule has 1 aromatic carbocycles. The van der Waals surface area contributed by atoms with Crippen LogP contribution in [0.2, 0.25) is 0 Å². The summed E-state index contributed by atoms with van der Waals surface area (Å²) >= 11 is 0. The van der Waals surface area contributed by atoms with Gasteiger partial charge in [0.1, 0.15) is 17.9 Å². The van der Waals surface area contributed by atoms with Gasteiger partial charge in [-0.25, -0.2) is 9.97 Å². The molecule has 32 heavy (non-hydrogen) atoms. The Morgan fingerprint density at radius 3 is 2.44 bits per heavy atom. The number of benzene rings is 1. The molecule has 3 N–H and O–H groups in total. The van der Waals surface area contributed by atoms with Crippen LogP contribution in [0.1, 0.15) is 46.0 Å². The van der Waals surface area contributed by atoms with Crippen LogP contribution in [0.4, 0.5) is 5.82 Å². The Kier molecular flexibility index (Phi) is 7.17. The summed E-state index contributed by atoms with van der Waals surface area (Å²) in [5.74, 6) is 0.569. The Bertz CT molecular complexity index is 1030. The molecular weight excluding hydrogens is 402 g/mol. The van der Waals surface area contributed by atoms with Gasteiger partial charge in [-0.3, -0.25) is 9.88 Å². The minimum atomic E-state index is 0.130. The van der Waals surface area contributed by atoms with Gasteiger partial charge in [-0.05, 0) is 50.5 Å². The second-order valence-corrected chi connectivity index (χ2v) is 8.93. The van der Waals surface area contributed by atoms with E-state index in [9.17, 15) is 5.11 Å². The normalized spacial score (nSPS) is 22.3. The molecule has 5 rings (SSSR count). The third-order valence-corrected chi connectivity index (χ3v) is 6.26. The van der Waals surface area contributed by atoms with Crippen LogP contribution in [0.15, 0.2) is 43.0 Å². The fourth-order valence-corrected chi connectivity index (χ4v) is 4.80. The zero-order valence-corrected chi connectivity index (χ0v) is 18.9. The lowest BCUT2D eigenvalue weighted by Gasteiger charge is -2.41. The van der Waals surface area contributed by atoms with Crippen molar-refractivity contribution in [2.24, 2.45) is 0 Å². The number of fused-ring (bicyclic) bond motifs is 1. The van der Waals surface area contributed by atoms with Crippen LogP contribution >= 0.6 is 0 Å². The highest BCUT2D eigenvalue weighted by Gasteiger charge is 2.28. The quantitative estimate of drug-likeness (QED) is 0.615. The van der Waals surface area contributed by atoms with E-state index in [0.29, 0.717) is 18.0 Å². The SMILES string of the molecule is CC1CN(C2CCCCC2)CC(C)O1.Nc1ncnc2ccc(-c3cncc(O)c3)cc12. The third-order valence-electron chi connectivity index (χ3n) is 6.26. The smallest absolute Gasteiger partial charge is 0.134 e. The molecular formula is C25H33N5O2. The number of aromatic hydroxyl groups is 1. The molecule has 1 saturated carbocycles. The van der Waals surface area contributed by atoms with Gasteiger partial charge in [-0.1, -0.05) is 25.3 Å². The standard InChI is InChI=1S/C13H10N4O.C12H23NO/c14-13-11-4-8(1-2-12(11)16-7-17-13)9-3-10(18)6-15-5-9;1-10-8-13(9-11(2)14-10)12-6-4-3-5-7-12/h1-7,18H,(H2,14,16,17);10-12H,3-9H2,1-2H3. The van der Waals surface area contributed by atoms with Crippen LogP contribution < -0.4 is 5.73 Å². The lowest BCUT2D eigenvalue weighted by molar-refractivity contribution is -0.0839. The molecule has 2 atom stereocenters. The molecule has 2 aromatic heterocycles. The molecule has 0 amide bonds. The molecule has 2 unspecified atom stereocenters. The number of rotatable bonds is 2. The predicted molar refractivity (Wildman–Crippen MR) is 127 cm³/mol. The number of ether oxygens (including phenoxy) is 1. The number of hydrogen-bond acceptors (Lipinski definition) is 7. The van der Waals surface area contributed by atoms with Crippen LogP contribution in [0.5, 0.6) is 5.75 Å². The molecule has 3 aromatic rings. The summed E-state index contributed by atoms with van der Waals surface area (Å²) < 4.78 is 5.77. The maximum atomic E-state index is 9.43. The highest BCUT2D eigenvalue weighted by atomic mass is 16.5. The maximum absolute atomic E-state index is 9.43. The van der Waals surface area contributed by atoms with Gasteiger partial charge in [-0.15, -0.1) is 0 Å². The van der Waals surface area contributed by atoms with Gasteiger partial charge in [0.05, 0.1) is 23.9 Å². The van der Waals surface area contributed by atoms with Crippen molar-refractivity contribution in [3.05, 3.63) is 43.0 Å². The van der Waals surface area contributed by atoms with Crippen molar-refractivity contribution >= 4 is 16.7 Å². The van der Waals surface area contributed by atoms with Gasteiger partial charge >= 0.3 is 0 Å². The van der Waals surface area contributed by atoms with Crippen molar-refractivity contribution in [2.75, 3.05) is 18.8 Å².